The quantitative estimate of drug-likeness (QED) is 0.615. The molecular formula is C21H26ClN5OS. The molecule has 29 heavy (non-hydrogen) atoms. The number of likely N-dealkylation sites (tertiary alicyclic amines) is 1. The molecule has 2 aromatic carbocycles. The van der Waals surface area contributed by atoms with Crippen molar-refractivity contribution in [3.63, 3.8) is 0 Å². The summed E-state index contributed by atoms with van der Waals surface area (Å²) in [6.07, 6.45) is 1.14. The van der Waals surface area contributed by atoms with Gasteiger partial charge in [0.05, 0.1) is 10.7 Å². The first-order valence-corrected chi connectivity index (χ1v) is 10.3. The van der Waals surface area contributed by atoms with Crippen LogP contribution in [-0.2, 0) is 4.79 Å². The molecule has 1 fully saturated rings. The van der Waals surface area contributed by atoms with E-state index in [1.54, 1.807) is 0 Å². The van der Waals surface area contributed by atoms with Crippen molar-refractivity contribution < 1.29 is 4.79 Å². The van der Waals surface area contributed by atoms with E-state index in [1.165, 1.54) is 6.92 Å². The Morgan fingerprint density at radius 3 is 2.24 bits per heavy atom. The second-order valence-corrected chi connectivity index (χ2v) is 8.13. The fraction of sp³-hybridized carbons (Fsp3) is 0.333. The second kappa shape index (κ2) is 9.43. The molecule has 1 atom stereocenters. The smallest absolute Gasteiger partial charge is 0.221 e. The van der Waals surface area contributed by atoms with Gasteiger partial charge in [-0.25, -0.2) is 0 Å². The minimum atomic E-state index is -0.103. The van der Waals surface area contributed by atoms with Gasteiger partial charge in [0.25, 0.3) is 0 Å². The van der Waals surface area contributed by atoms with E-state index in [4.69, 9.17) is 23.8 Å². The number of nitrogens with one attached hydrogen (secondary N) is 3. The number of halogens is 1. The van der Waals surface area contributed by atoms with Crippen LogP contribution in [-0.4, -0.2) is 49.1 Å². The number of hydrogen-bond acceptors (Lipinski definition) is 4. The van der Waals surface area contributed by atoms with Crippen molar-refractivity contribution in [3.05, 3.63) is 47.5 Å². The Bertz CT molecular complexity index is 889. The largest absolute Gasteiger partial charge is 0.369 e. The minimum absolute atomic E-state index is 0.103. The van der Waals surface area contributed by atoms with Gasteiger partial charge in [-0.05, 0) is 74.7 Å². The highest BCUT2D eigenvalue weighted by atomic mass is 35.5. The maximum atomic E-state index is 11.1. The van der Waals surface area contributed by atoms with Crippen LogP contribution < -0.4 is 20.9 Å². The lowest BCUT2D eigenvalue weighted by atomic mass is 10.2. The van der Waals surface area contributed by atoms with Crippen LogP contribution in [0, 0.1) is 0 Å². The molecule has 0 saturated carbocycles. The monoisotopic (exact) mass is 431 g/mol. The van der Waals surface area contributed by atoms with Gasteiger partial charge in [-0.3, -0.25) is 4.79 Å². The number of hydrogen-bond donors (Lipinski definition) is 3. The molecule has 154 valence electrons. The van der Waals surface area contributed by atoms with Crippen molar-refractivity contribution in [2.45, 2.75) is 19.4 Å². The molecule has 8 heteroatoms. The van der Waals surface area contributed by atoms with Crippen LogP contribution in [0.2, 0.25) is 5.02 Å². The first-order chi connectivity index (χ1) is 13.8. The van der Waals surface area contributed by atoms with Gasteiger partial charge in [-0.2, -0.15) is 0 Å². The third-order valence-corrected chi connectivity index (χ3v) is 5.47. The summed E-state index contributed by atoms with van der Waals surface area (Å²) in [6, 6.07) is 13.7. The molecule has 0 spiro atoms. The lowest BCUT2D eigenvalue weighted by molar-refractivity contribution is -0.114. The summed E-state index contributed by atoms with van der Waals surface area (Å²) in [5.74, 6) is -0.103. The second-order valence-electron chi connectivity index (χ2n) is 7.32. The zero-order valence-electron chi connectivity index (χ0n) is 16.8. The topological polar surface area (TPSA) is 59.6 Å². The number of likely N-dealkylation sites (N-methyl/N-ethyl adjacent to an activating group) is 2. The fourth-order valence-electron chi connectivity index (χ4n) is 3.43. The third-order valence-electron chi connectivity index (χ3n) is 4.96. The molecule has 3 rings (SSSR count). The Balaban J connectivity index is 1.59. The summed E-state index contributed by atoms with van der Waals surface area (Å²) in [6.45, 7) is 3.63. The van der Waals surface area contributed by atoms with Crippen molar-refractivity contribution in [2.24, 2.45) is 0 Å². The molecule has 1 amide bonds. The van der Waals surface area contributed by atoms with E-state index in [2.05, 4.69) is 39.8 Å². The van der Waals surface area contributed by atoms with Gasteiger partial charge in [-0.15, -0.1) is 0 Å². The summed E-state index contributed by atoms with van der Waals surface area (Å²) in [7, 11) is 4.23. The van der Waals surface area contributed by atoms with Crippen LogP contribution in [0.5, 0.6) is 0 Å². The Morgan fingerprint density at radius 2 is 1.69 bits per heavy atom. The number of carbonyl (C=O) groups excluding carboxylic acids is 1. The van der Waals surface area contributed by atoms with E-state index in [0.29, 0.717) is 16.2 Å². The van der Waals surface area contributed by atoms with Crippen molar-refractivity contribution in [3.8, 4) is 0 Å². The van der Waals surface area contributed by atoms with E-state index < -0.39 is 0 Å². The molecule has 1 unspecified atom stereocenters. The van der Waals surface area contributed by atoms with Crippen molar-refractivity contribution in [1.82, 2.24) is 4.90 Å². The maximum absolute atomic E-state index is 11.1. The molecule has 0 aromatic heterocycles. The highest BCUT2D eigenvalue weighted by molar-refractivity contribution is 7.80. The third kappa shape index (κ3) is 5.82. The molecule has 3 N–H and O–H groups in total. The van der Waals surface area contributed by atoms with Gasteiger partial charge < -0.3 is 25.8 Å². The lowest BCUT2D eigenvalue weighted by Gasteiger charge is -2.27. The van der Waals surface area contributed by atoms with Gasteiger partial charge in [0, 0.05) is 43.6 Å². The average Bonchev–Trinajstić information content (AvgIpc) is 3.09. The summed E-state index contributed by atoms with van der Waals surface area (Å²) >= 11 is 11.9. The van der Waals surface area contributed by atoms with Gasteiger partial charge in [0.15, 0.2) is 5.11 Å². The number of carbonyl (C=O) groups is 1. The first kappa shape index (κ1) is 21.4. The predicted molar refractivity (Wildman–Crippen MR) is 126 cm³/mol. The normalized spacial score (nSPS) is 16.3. The molecular weight excluding hydrogens is 406 g/mol. The maximum Gasteiger partial charge on any atom is 0.221 e. The molecule has 1 aliphatic heterocycles. The van der Waals surface area contributed by atoms with Crippen molar-refractivity contribution >= 4 is 57.6 Å². The van der Waals surface area contributed by atoms with Crippen LogP contribution in [0.4, 0.5) is 22.7 Å². The zero-order valence-corrected chi connectivity index (χ0v) is 18.4. The zero-order chi connectivity index (χ0) is 21.0. The van der Waals surface area contributed by atoms with Crippen LogP contribution in [0.1, 0.15) is 13.3 Å². The van der Waals surface area contributed by atoms with Gasteiger partial charge in [-0.1, -0.05) is 11.6 Å². The van der Waals surface area contributed by atoms with Crippen LogP contribution in [0.25, 0.3) is 0 Å². The highest BCUT2D eigenvalue weighted by Crippen LogP contribution is 2.31. The summed E-state index contributed by atoms with van der Waals surface area (Å²) in [5, 5.41) is 10.2. The van der Waals surface area contributed by atoms with E-state index in [1.807, 2.05) is 42.5 Å². The minimum Gasteiger partial charge on any atom is -0.369 e. The van der Waals surface area contributed by atoms with E-state index in [0.717, 1.165) is 42.3 Å². The average molecular weight is 432 g/mol. The number of anilines is 4. The van der Waals surface area contributed by atoms with Gasteiger partial charge in [0.1, 0.15) is 0 Å². The molecule has 0 bridgehead atoms. The van der Waals surface area contributed by atoms with Crippen molar-refractivity contribution in [2.75, 3.05) is 48.0 Å². The van der Waals surface area contributed by atoms with E-state index in [-0.39, 0.29) is 5.91 Å². The van der Waals surface area contributed by atoms with Crippen LogP contribution >= 0.6 is 23.8 Å². The Morgan fingerprint density at radius 1 is 1.10 bits per heavy atom. The number of thiocarbonyl (C=S) groups is 1. The number of rotatable bonds is 5. The SMILES string of the molecule is CC(=O)Nc1ccc(NC(=S)Nc2ccc(N(C)C3CCN(C)C3)c(Cl)c2)cc1. The standard InChI is InChI=1S/C21H26ClN5OS/c1-14(28)23-15-4-6-16(7-5-15)24-21(29)25-17-8-9-20(19(22)12-17)27(3)18-10-11-26(2)13-18/h4-9,12,18H,10-11,13H2,1-3H3,(H,23,28)(H2,24,25,29). The summed E-state index contributed by atoms with van der Waals surface area (Å²) in [4.78, 5) is 15.7. The molecule has 1 heterocycles. The Labute approximate surface area is 182 Å². The Hall–Kier alpha value is -2.35. The van der Waals surface area contributed by atoms with Gasteiger partial charge >= 0.3 is 0 Å². The lowest BCUT2D eigenvalue weighted by Crippen LogP contribution is -2.33. The molecule has 1 aliphatic rings. The van der Waals surface area contributed by atoms with Crippen LogP contribution in [0.3, 0.4) is 0 Å². The molecule has 0 radical (unpaired) electrons. The van der Waals surface area contributed by atoms with Crippen LogP contribution in [0.15, 0.2) is 42.5 Å². The molecule has 2 aromatic rings. The summed E-state index contributed by atoms with van der Waals surface area (Å²) in [5.41, 5.74) is 3.40. The van der Waals surface area contributed by atoms with E-state index in [9.17, 15) is 4.79 Å². The van der Waals surface area contributed by atoms with Gasteiger partial charge in [0.2, 0.25) is 5.91 Å². The predicted octanol–water partition coefficient (Wildman–Crippen LogP) is 4.25. The first-order valence-electron chi connectivity index (χ1n) is 9.48. The van der Waals surface area contributed by atoms with E-state index >= 15 is 0 Å². The molecule has 6 nitrogen and oxygen atoms in total. The Kier molecular flexibility index (Phi) is 6.95. The number of benzene rings is 2. The number of amides is 1. The van der Waals surface area contributed by atoms with Crippen molar-refractivity contribution in [1.29, 1.82) is 0 Å². The molecule has 0 aliphatic carbocycles. The fourth-order valence-corrected chi connectivity index (χ4v) is 3.98. The molecule has 1 saturated heterocycles. The highest BCUT2D eigenvalue weighted by Gasteiger charge is 2.24. The number of nitrogens with zero attached hydrogens (tertiary/aromatic N) is 2. The summed E-state index contributed by atoms with van der Waals surface area (Å²) < 4.78 is 0.